The van der Waals surface area contributed by atoms with Crippen LogP contribution in [0.2, 0.25) is 5.02 Å². The highest BCUT2D eigenvalue weighted by molar-refractivity contribution is 6.30. The number of ether oxygens (including phenoxy) is 1. The first kappa shape index (κ1) is 31.4. The first-order valence-corrected chi connectivity index (χ1v) is 15.3. The van der Waals surface area contributed by atoms with Crippen LogP contribution in [0.4, 0.5) is 4.79 Å². The Morgan fingerprint density at radius 3 is 2.73 bits per heavy atom. The number of fused-ring (bicyclic) bond motifs is 2. The van der Waals surface area contributed by atoms with E-state index < -0.39 is 53.1 Å². The van der Waals surface area contributed by atoms with Crippen LogP contribution in [0.5, 0.6) is 0 Å². The van der Waals surface area contributed by atoms with Crippen molar-refractivity contribution in [3.8, 4) is 11.4 Å². The van der Waals surface area contributed by atoms with E-state index in [1.54, 1.807) is 45.0 Å². The lowest BCUT2D eigenvalue weighted by Gasteiger charge is -2.30. The zero-order valence-corrected chi connectivity index (χ0v) is 25.8. The number of amides is 3. The van der Waals surface area contributed by atoms with Gasteiger partial charge >= 0.3 is 12.1 Å². The number of aliphatic carboxylic acids is 1. The molecule has 14 heteroatoms. The lowest BCUT2D eigenvalue weighted by atomic mass is 10.0. The summed E-state index contributed by atoms with van der Waals surface area (Å²) in [4.78, 5) is 55.8. The third kappa shape index (κ3) is 7.03. The summed E-state index contributed by atoms with van der Waals surface area (Å²) in [5.74, 6) is -2.17. The fraction of sp³-hybridized carbons (Fsp3) is 0.567. The predicted octanol–water partition coefficient (Wildman–Crippen LogP) is 3.51. The van der Waals surface area contributed by atoms with Gasteiger partial charge in [0, 0.05) is 29.5 Å². The molecular weight excluding hydrogens is 590 g/mol. The zero-order chi connectivity index (χ0) is 31.6. The van der Waals surface area contributed by atoms with Crippen LogP contribution in [-0.4, -0.2) is 83.9 Å². The van der Waals surface area contributed by atoms with Crippen molar-refractivity contribution in [1.29, 1.82) is 0 Å². The SMILES string of the molecule is CC(C)(C)OC(=O)N[C@@H]1CCCCC/C=C\[C@H]2C[C@]2(C(=O)O)NC(=O)[C@@H]2C[C@H](n3nnc(-c4cccc(Cl)c4)n3)CN2C1=O. The summed E-state index contributed by atoms with van der Waals surface area (Å²) in [6.45, 7) is 5.25. The fourth-order valence-corrected chi connectivity index (χ4v) is 6.01. The van der Waals surface area contributed by atoms with Gasteiger partial charge in [-0.1, -0.05) is 48.7 Å². The van der Waals surface area contributed by atoms with Gasteiger partial charge in [-0.2, -0.15) is 4.80 Å². The molecule has 0 spiro atoms. The number of benzene rings is 1. The van der Waals surface area contributed by atoms with Crippen LogP contribution in [0, 0.1) is 5.92 Å². The van der Waals surface area contributed by atoms with Crippen molar-refractivity contribution < 1.29 is 29.0 Å². The van der Waals surface area contributed by atoms with Crippen molar-refractivity contribution in [3.63, 3.8) is 0 Å². The lowest BCUT2D eigenvalue weighted by molar-refractivity contribution is -0.145. The maximum atomic E-state index is 14.1. The van der Waals surface area contributed by atoms with Crippen LogP contribution in [-0.2, 0) is 19.1 Å². The molecule has 1 aromatic heterocycles. The summed E-state index contributed by atoms with van der Waals surface area (Å²) in [7, 11) is 0. The van der Waals surface area contributed by atoms with Gasteiger partial charge in [0.25, 0.3) is 0 Å². The molecule has 2 aliphatic heterocycles. The summed E-state index contributed by atoms with van der Waals surface area (Å²) in [6, 6.07) is 4.48. The molecule has 5 rings (SSSR count). The third-order valence-corrected chi connectivity index (χ3v) is 8.40. The average Bonchev–Trinajstić information content (AvgIpc) is 3.27. The fourth-order valence-electron chi connectivity index (χ4n) is 5.82. The molecule has 3 heterocycles. The first-order valence-electron chi connectivity index (χ1n) is 14.9. The van der Waals surface area contributed by atoms with Gasteiger partial charge < -0.3 is 25.4 Å². The van der Waals surface area contributed by atoms with Crippen LogP contribution in [0.3, 0.4) is 0 Å². The number of carboxylic acids is 1. The van der Waals surface area contributed by atoms with E-state index in [1.807, 2.05) is 12.2 Å². The highest BCUT2D eigenvalue weighted by Crippen LogP contribution is 2.45. The molecule has 3 N–H and O–H groups in total. The number of hydrogen-bond acceptors (Lipinski definition) is 8. The number of nitrogens with zero attached hydrogens (tertiary/aromatic N) is 5. The van der Waals surface area contributed by atoms with Crippen molar-refractivity contribution in [1.82, 2.24) is 35.7 Å². The number of carbonyl (C=O) groups is 4. The maximum Gasteiger partial charge on any atom is 0.408 e. The molecule has 0 unspecified atom stereocenters. The van der Waals surface area contributed by atoms with Gasteiger partial charge in [0.2, 0.25) is 17.6 Å². The minimum Gasteiger partial charge on any atom is -0.479 e. The summed E-state index contributed by atoms with van der Waals surface area (Å²) in [6.07, 6.45) is 6.86. The Kier molecular flexibility index (Phi) is 8.96. The minimum atomic E-state index is -1.43. The van der Waals surface area contributed by atoms with E-state index in [2.05, 4.69) is 26.0 Å². The molecule has 2 fully saturated rings. The second-order valence-corrected chi connectivity index (χ2v) is 13.1. The summed E-state index contributed by atoms with van der Waals surface area (Å²) < 4.78 is 5.43. The highest BCUT2D eigenvalue weighted by atomic mass is 35.5. The van der Waals surface area contributed by atoms with Crippen molar-refractivity contribution >= 4 is 35.5 Å². The molecule has 3 aliphatic rings. The van der Waals surface area contributed by atoms with Gasteiger partial charge in [0.15, 0.2) is 0 Å². The van der Waals surface area contributed by atoms with E-state index in [4.69, 9.17) is 16.3 Å². The van der Waals surface area contributed by atoms with E-state index in [-0.39, 0.29) is 25.3 Å². The number of rotatable bonds is 4. The molecule has 1 aliphatic carbocycles. The first-order chi connectivity index (χ1) is 20.9. The van der Waals surface area contributed by atoms with E-state index in [0.29, 0.717) is 29.3 Å². The number of carbonyl (C=O) groups excluding carboxylic acids is 3. The average molecular weight is 628 g/mol. The summed E-state index contributed by atoms with van der Waals surface area (Å²) in [5, 5.41) is 28.9. The number of aromatic nitrogens is 4. The second-order valence-electron chi connectivity index (χ2n) is 12.7. The molecule has 2 aromatic rings. The summed E-state index contributed by atoms with van der Waals surface area (Å²) in [5.41, 5.74) is -1.55. The summed E-state index contributed by atoms with van der Waals surface area (Å²) >= 11 is 6.13. The quantitative estimate of drug-likeness (QED) is 0.429. The number of alkyl carbamates (subject to hydrolysis) is 1. The van der Waals surface area contributed by atoms with Crippen LogP contribution in [0.1, 0.15) is 71.8 Å². The molecule has 0 bridgehead atoms. The smallest absolute Gasteiger partial charge is 0.408 e. The van der Waals surface area contributed by atoms with E-state index in [9.17, 15) is 24.3 Å². The van der Waals surface area contributed by atoms with Crippen LogP contribution >= 0.6 is 11.6 Å². The van der Waals surface area contributed by atoms with Crippen LogP contribution < -0.4 is 10.6 Å². The standard InChI is InChI=1S/C30H38ClN7O6/c1-29(2,3)44-28(43)32-22-13-8-6-4-5-7-11-19-16-30(19,27(41)42)33-25(39)23-15-21(17-37(23)26(22)40)38-35-24(34-36-38)18-10-9-12-20(31)14-18/h7,9-12,14,19,21-23H,4-6,8,13,15-17H2,1-3H3,(H,32,43)(H,33,39)(H,41,42)/b11-7-/t19-,21-,22+,23-,30-/m0/s1. The van der Waals surface area contributed by atoms with Crippen LogP contribution in [0.25, 0.3) is 11.4 Å². The molecule has 1 saturated carbocycles. The Labute approximate surface area is 260 Å². The second kappa shape index (κ2) is 12.5. The Bertz CT molecular complexity index is 1460. The van der Waals surface area contributed by atoms with Crippen molar-refractivity contribution in [2.45, 2.75) is 95.0 Å². The molecular formula is C30H38ClN7O6. The van der Waals surface area contributed by atoms with E-state index in [0.717, 1.165) is 19.3 Å². The van der Waals surface area contributed by atoms with Gasteiger partial charge in [0.05, 0.1) is 6.04 Å². The van der Waals surface area contributed by atoms with E-state index in [1.165, 1.54) is 9.70 Å². The van der Waals surface area contributed by atoms with Crippen LogP contribution in [0.15, 0.2) is 36.4 Å². The van der Waals surface area contributed by atoms with Crippen molar-refractivity contribution in [2.75, 3.05) is 6.54 Å². The minimum absolute atomic E-state index is 0.0537. The molecule has 3 amide bonds. The molecule has 1 saturated heterocycles. The number of tetrazole rings is 1. The molecule has 5 atom stereocenters. The zero-order valence-electron chi connectivity index (χ0n) is 25.0. The number of hydrogen-bond donors (Lipinski definition) is 3. The molecule has 44 heavy (non-hydrogen) atoms. The Morgan fingerprint density at radius 2 is 2.00 bits per heavy atom. The third-order valence-electron chi connectivity index (χ3n) is 8.17. The Hall–Kier alpha value is -4.00. The highest BCUT2D eigenvalue weighted by Gasteiger charge is 2.61. The van der Waals surface area contributed by atoms with Gasteiger partial charge in [-0.25, -0.2) is 9.59 Å². The Balaban J connectivity index is 1.44. The maximum absolute atomic E-state index is 14.1. The lowest BCUT2D eigenvalue weighted by Crippen LogP contribution is -2.56. The van der Waals surface area contributed by atoms with Gasteiger partial charge in [-0.3, -0.25) is 9.59 Å². The number of nitrogens with one attached hydrogen (secondary N) is 2. The topological polar surface area (TPSA) is 169 Å². The largest absolute Gasteiger partial charge is 0.479 e. The van der Waals surface area contributed by atoms with Gasteiger partial charge in [-0.15, -0.1) is 10.2 Å². The Morgan fingerprint density at radius 1 is 1.20 bits per heavy atom. The van der Waals surface area contributed by atoms with E-state index >= 15 is 0 Å². The van der Waals surface area contributed by atoms with Crippen molar-refractivity contribution in [2.24, 2.45) is 5.92 Å². The molecule has 236 valence electrons. The predicted molar refractivity (Wildman–Crippen MR) is 159 cm³/mol. The number of carboxylic acid groups (broad SMARTS) is 1. The molecule has 1 aromatic carbocycles. The van der Waals surface area contributed by atoms with Crippen molar-refractivity contribution in [3.05, 3.63) is 41.4 Å². The number of halogens is 1. The molecule has 13 nitrogen and oxygen atoms in total. The van der Waals surface area contributed by atoms with Gasteiger partial charge in [-0.05, 0) is 63.8 Å². The monoisotopic (exact) mass is 627 g/mol. The molecule has 0 radical (unpaired) electrons. The van der Waals surface area contributed by atoms with Gasteiger partial charge in [0.1, 0.15) is 23.2 Å². The number of allylic oxidation sites excluding steroid dienone is 1. The normalized spacial score (nSPS) is 28.5.